The van der Waals surface area contributed by atoms with Crippen molar-refractivity contribution >= 4 is 55.8 Å². The predicted molar refractivity (Wildman–Crippen MR) is 129 cm³/mol. The van der Waals surface area contributed by atoms with E-state index in [4.69, 9.17) is 28.9 Å². The Kier molecular flexibility index (Phi) is 5.64. The van der Waals surface area contributed by atoms with Crippen LogP contribution < -0.4 is 10.5 Å². The van der Waals surface area contributed by atoms with Crippen LogP contribution in [0.4, 0.5) is 15.9 Å². The van der Waals surface area contributed by atoms with Crippen molar-refractivity contribution in [1.29, 1.82) is 0 Å². The highest BCUT2D eigenvalue weighted by Crippen LogP contribution is 2.43. The molecule has 1 fully saturated rings. The zero-order valence-corrected chi connectivity index (χ0v) is 19.8. The van der Waals surface area contributed by atoms with Crippen LogP contribution in [0.15, 0.2) is 47.8 Å². The third-order valence-corrected chi connectivity index (χ3v) is 7.82. The van der Waals surface area contributed by atoms with E-state index < -0.39 is 22.4 Å². The number of nitrogens with zero attached hydrogens (tertiary/aromatic N) is 3. The van der Waals surface area contributed by atoms with E-state index in [2.05, 4.69) is 14.7 Å². The van der Waals surface area contributed by atoms with Gasteiger partial charge in [0.05, 0.1) is 22.7 Å². The van der Waals surface area contributed by atoms with Crippen molar-refractivity contribution in [2.24, 2.45) is 0 Å². The number of anilines is 2. The minimum Gasteiger partial charge on any atom is -0.392 e. The summed E-state index contributed by atoms with van der Waals surface area (Å²) in [5.74, 6) is -0.600. The second kappa shape index (κ2) is 8.38. The number of fused-ring (bicyclic) bond motifs is 1. The fourth-order valence-corrected chi connectivity index (χ4v) is 5.88. The van der Waals surface area contributed by atoms with E-state index in [0.29, 0.717) is 16.6 Å². The quantitative estimate of drug-likeness (QED) is 0.336. The van der Waals surface area contributed by atoms with Gasteiger partial charge in [-0.3, -0.25) is 4.72 Å². The molecular formula is C22H18Cl2FN5O3S. The molecule has 4 N–H and O–H groups in total. The summed E-state index contributed by atoms with van der Waals surface area (Å²) in [4.78, 5) is 7.99. The molecule has 8 nitrogen and oxygen atoms in total. The fourth-order valence-electron chi connectivity index (χ4n) is 3.89. The van der Waals surface area contributed by atoms with Crippen molar-refractivity contribution in [1.82, 2.24) is 14.5 Å². The molecule has 0 bridgehead atoms. The Morgan fingerprint density at radius 2 is 1.97 bits per heavy atom. The van der Waals surface area contributed by atoms with Crippen molar-refractivity contribution in [3.05, 3.63) is 64.3 Å². The minimum absolute atomic E-state index is 0.0615. The van der Waals surface area contributed by atoms with Crippen LogP contribution >= 0.6 is 23.2 Å². The molecule has 34 heavy (non-hydrogen) atoms. The summed E-state index contributed by atoms with van der Waals surface area (Å²) < 4.78 is 46.0. The number of halogens is 3. The largest absolute Gasteiger partial charge is 0.392 e. The molecule has 1 aliphatic carbocycles. The topological polar surface area (TPSA) is 123 Å². The second-order valence-electron chi connectivity index (χ2n) is 7.95. The summed E-state index contributed by atoms with van der Waals surface area (Å²) in [6.07, 6.45) is 5.08. The Hall–Kier alpha value is -2.92. The predicted octanol–water partition coefficient (Wildman–Crippen LogP) is 4.75. The highest BCUT2D eigenvalue weighted by molar-refractivity contribution is 7.92. The van der Waals surface area contributed by atoms with Crippen LogP contribution in [0.5, 0.6) is 0 Å². The van der Waals surface area contributed by atoms with E-state index in [1.807, 2.05) is 4.57 Å². The molecule has 2 aromatic heterocycles. The van der Waals surface area contributed by atoms with Crippen LogP contribution in [0.1, 0.15) is 24.4 Å². The van der Waals surface area contributed by atoms with Gasteiger partial charge in [-0.2, -0.15) is 0 Å². The van der Waals surface area contributed by atoms with Gasteiger partial charge in [-0.15, -0.1) is 0 Å². The summed E-state index contributed by atoms with van der Waals surface area (Å²) in [7, 11) is -4.34. The van der Waals surface area contributed by atoms with E-state index >= 15 is 4.39 Å². The van der Waals surface area contributed by atoms with Crippen molar-refractivity contribution in [2.75, 3.05) is 10.5 Å². The number of sulfonamides is 1. The molecule has 0 radical (unpaired) electrons. The van der Waals surface area contributed by atoms with Crippen LogP contribution in [0.2, 0.25) is 10.0 Å². The smallest absolute Gasteiger partial charge is 0.263 e. The van der Waals surface area contributed by atoms with Gasteiger partial charge >= 0.3 is 0 Å². The number of hydrogen-bond donors (Lipinski definition) is 3. The normalized spacial score (nSPS) is 14.0. The number of aromatic nitrogens is 3. The van der Waals surface area contributed by atoms with Crippen LogP contribution in [0.3, 0.4) is 0 Å². The molecule has 176 valence electrons. The van der Waals surface area contributed by atoms with Crippen molar-refractivity contribution in [2.45, 2.75) is 30.4 Å². The molecule has 5 rings (SSSR count). The highest BCUT2D eigenvalue weighted by atomic mass is 35.5. The number of aliphatic hydroxyl groups is 1. The molecule has 12 heteroatoms. The van der Waals surface area contributed by atoms with Gasteiger partial charge in [0.25, 0.3) is 10.0 Å². The zero-order valence-electron chi connectivity index (χ0n) is 17.5. The van der Waals surface area contributed by atoms with Crippen LogP contribution in [-0.2, 0) is 16.6 Å². The molecule has 2 aromatic carbocycles. The zero-order chi connectivity index (χ0) is 24.2. The summed E-state index contributed by atoms with van der Waals surface area (Å²) in [5, 5.41) is 9.80. The second-order valence-corrected chi connectivity index (χ2v) is 10.4. The third kappa shape index (κ3) is 3.86. The van der Waals surface area contributed by atoms with Crippen LogP contribution in [0.25, 0.3) is 22.2 Å². The average Bonchev–Trinajstić information content (AvgIpc) is 3.57. The van der Waals surface area contributed by atoms with E-state index in [1.54, 1.807) is 6.20 Å². The van der Waals surface area contributed by atoms with E-state index in [1.165, 1.54) is 30.6 Å². The highest BCUT2D eigenvalue weighted by Gasteiger charge is 2.29. The molecule has 0 amide bonds. The summed E-state index contributed by atoms with van der Waals surface area (Å²) >= 11 is 12.1. The number of nitrogens with one attached hydrogen (secondary N) is 1. The molecule has 0 aliphatic heterocycles. The standard InChI is InChI=1S/C22H18Cl2FN5O3S/c23-12-6-11(9-31)19(24)17(7-12)34(32,33)29-16-3-1-2-14(20(16)25)15-8-30(13-4-5-13)22-18(15)21(26)27-10-28-22/h1-3,6-8,10,13,29,31H,4-5,9H2,(H2,26,27,28). The monoisotopic (exact) mass is 521 g/mol. The number of hydrogen-bond acceptors (Lipinski definition) is 6. The van der Waals surface area contributed by atoms with Crippen LogP contribution in [-0.4, -0.2) is 28.1 Å². The summed E-state index contributed by atoms with van der Waals surface area (Å²) in [6.45, 7) is -0.514. The number of nitrogen functional groups attached to an aromatic ring is 1. The van der Waals surface area contributed by atoms with Gasteiger partial charge in [0, 0.05) is 28.4 Å². The van der Waals surface area contributed by atoms with Crippen molar-refractivity contribution < 1.29 is 17.9 Å². The first-order valence-electron chi connectivity index (χ1n) is 10.2. The Balaban J connectivity index is 1.61. The van der Waals surface area contributed by atoms with E-state index in [0.717, 1.165) is 18.9 Å². The first-order chi connectivity index (χ1) is 16.2. The molecule has 1 saturated carbocycles. The molecule has 0 saturated heterocycles. The summed E-state index contributed by atoms with van der Waals surface area (Å²) in [6, 6.07) is 7.08. The first-order valence-corrected chi connectivity index (χ1v) is 12.5. The lowest BCUT2D eigenvalue weighted by molar-refractivity contribution is 0.281. The van der Waals surface area contributed by atoms with E-state index in [-0.39, 0.29) is 43.6 Å². The Bertz CT molecular complexity index is 1550. The molecule has 4 aromatic rings. The number of nitrogens with two attached hydrogens (primary N) is 1. The van der Waals surface area contributed by atoms with Crippen molar-refractivity contribution in [3.8, 4) is 11.1 Å². The Labute approximate surface area is 204 Å². The lowest BCUT2D eigenvalue weighted by Crippen LogP contribution is -2.15. The minimum atomic E-state index is -4.34. The summed E-state index contributed by atoms with van der Waals surface area (Å²) in [5.41, 5.74) is 7.14. The van der Waals surface area contributed by atoms with Gasteiger partial charge in [0.1, 0.15) is 22.7 Å². The molecule has 0 unspecified atom stereocenters. The third-order valence-electron chi connectivity index (χ3n) is 5.65. The van der Waals surface area contributed by atoms with Crippen molar-refractivity contribution in [3.63, 3.8) is 0 Å². The molecule has 0 spiro atoms. The average molecular weight is 522 g/mol. The fraction of sp³-hybridized carbons (Fsp3) is 0.182. The lowest BCUT2D eigenvalue weighted by atomic mass is 10.0. The maximum atomic E-state index is 15.7. The van der Waals surface area contributed by atoms with Gasteiger partial charge in [-0.1, -0.05) is 35.3 Å². The van der Waals surface area contributed by atoms with Gasteiger partial charge in [-0.05, 0) is 36.6 Å². The maximum absolute atomic E-state index is 15.7. The molecule has 2 heterocycles. The maximum Gasteiger partial charge on any atom is 0.263 e. The number of rotatable bonds is 6. The van der Waals surface area contributed by atoms with Crippen LogP contribution in [0, 0.1) is 5.82 Å². The Morgan fingerprint density at radius 3 is 2.68 bits per heavy atom. The van der Waals surface area contributed by atoms with Gasteiger partial charge < -0.3 is 15.4 Å². The van der Waals surface area contributed by atoms with Gasteiger partial charge in [0.2, 0.25) is 0 Å². The SMILES string of the molecule is Nc1ncnc2c1c(-c1cccc(NS(=O)(=O)c3cc(Cl)cc(CO)c3Cl)c1F)cn2C1CC1. The molecule has 0 atom stereocenters. The number of benzene rings is 2. The molecular weight excluding hydrogens is 504 g/mol. The van der Waals surface area contributed by atoms with E-state index in [9.17, 15) is 13.5 Å². The Morgan fingerprint density at radius 1 is 1.21 bits per heavy atom. The van der Waals surface area contributed by atoms with Gasteiger partial charge in [0.15, 0.2) is 5.82 Å². The molecule has 1 aliphatic rings. The van der Waals surface area contributed by atoms with Gasteiger partial charge in [-0.25, -0.2) is 22.8 Å². The first kappa shape index (κ1) is 22.9. The lowest BCUT2D eigenvalue weighted by Gasteiger charge is -2.14. The number of aliphatic hydroxyl groups excluding tert-OH is 1.